The summed E-state index contributed by atoms with van der Waals surface area (Å²) in [6, 6.07) is 21.7. The minimum atomic E-state index is -0.218. The molecular weight excluding hydrogens is 440 g/mol. The Balaban J connectivity index is 1.45. The van der Waals surface area contributed by atoms with Gasteiger partial charge in [0, 0.05) is 24.7 Å². The number of ether oxygens (including phenoxy) is 2. The number of carbonyl (C=O) groups excluding carboxylic acids is 1. The van der Waals surface area contributed by atoms with Crippen molar-refractivity contribution in [1.82, 2.24) is 15.3 Å². The second kappa shape index (κ2) is 10.4. The Morgan fingerprint density at radius 1 is 1.03 bits per heavy atom. The van der Waals surface area contributed by atoms with Gasteiger partial charge in [0.1, 0.15) is 11.6 Å². The number of nitrogens with one attached hydrogen (secondary N) is 2. The van der Waals surface area contributed by atoms with Crippen molar-refractivity contribution in [3.05, 3.63) is 83.9 Å². The highest BCUT2D eigenvalue weighted by Gasteiger charge is 2.15. The molecule has 1 aliphatic carbocycles. The lowest BCUT2D eigenvalue weighted by atomic mass is 10.1. The van der Waals surface area contributed by atoms with E-state index in [1.807, 2.05) is 48.5 Å². The number of methoxy groups -OCH3 is 1. The first-order valence-corrected chi connectivity index (χ1v) is 11.5. The molecular formula is C28H26N4O3. The maximum atomic E-state index is 12.1. The van der Waals surface area contributed by atoms with Crippen LogP contribution in [0.25, 0.3) is 28.4 Å². The molecule has 3 aromatic carbocycles. The molecule has 1 aliphatic rings. The molecule has 0 atom stereocenters. The first kappa shape index (κ1) is 22.6. The highest BCUT2D eigenvalue weighted by atomic mass is 16.5. The van der Waals surface area contributed by atoms with E-state index in [0.717, 1.165) is 23.0 Å². The van der Waals surface area contributed by atoms with Crippen LogP contribution >= 0.6 is 0 Å². The Morgan fingerprint density at radius 3 is 2.80 bits per heavy atom. The predicted molar refractivity (Wildman–Crippen MR) is 138 cm³/mol. The summed E-state index contributed by atoms with van der Waals surface area (Å²) >= 11 is 0. The third-order valence-electron chi connectivity index (χ3n) is 5.76. The average molecular weight is 467 g/mol. The van der Waals surface area contributed by atoms with Crippen LogP contribution in [-0.2, 0) is 16.0 Å². The second-order valence-corrected chi connectivity index (χ2v) is 8.19. The maximum absolute atomic E-state index is 12.1. The molecule has 0 bridgehead atoms. The molecule has 35 heavy (non-hydrogen) atoms. The third kappa shape index (κ3) is 5.15. The molecule has 1 amide bonds. The fraction of sp³-hybridized carbons (Fsp3) is 0.179. The monoisotopic (exact) mass is 466 g/mol. The molecule has 7 heteroatoms. The second-order valence-electron chi connectivity index (χ2n) is 8.19. The predicted octanol–water partition coefficient (Wildman–Crippen LogP) is 4.75. The number of carbonyl (C=O) groups is 1. The lowest BCUT2D eigenvalue weighted by molar-refractivity contribution is -0.123. The molecule has 2 N–H and O–H groups in total. The van der Waals surface area contributed by atoms with Gasteiger partial charge in [0.15, 0.2) is 12.4 Å². The number of amides is 1. The Morgan fingerprint density at radius 2 is 1.89 bits per heavy atom. The maximum Gasteiger partial charge on any atom is 0.258 e. The van der Waals surface area contributed by atoms with Gasteiger partial charge >= 0.3 is 0 Å². The first-order chi connectivity index (χ1) is 17.2. The van der Waals surface area contributed by atoms with Crippen LogP contribution in [-0.4, -0.2) is 42.7 Å². The number of fused-ring (bicyclic) bond motifs is 2. The van der Waals surface area contributed by atoms with Crippen molar-refractivity contribution < 1.29 is 14.3 Å². The van der Waals surface area contributed by atoms with Gasteiger partial charge in [0.25, 0.3) is 5.91 Å². The van der Waals surface area contributed by atoms with E-state index in [0.29, 0.717) is 36.1 Å². The Kier molecular flexibility index (Phi) is 6.68. The number of para-hydroxylation sites is 2. The Bertz CT molecular complexity index is 1400. The number of hydrogen-bond donors (Lipinski definition) is 2. The highest BCUT2D eigenvalue weighted by molar-refractivity contribution is 5.92. The van der Waals surface area contributed by atoms with Crippen LogP contribution in [0.3, 0.4) is 0 Å². The van der Waals surface area contributed by atoms with Gasteiger partial charge in [0.05, 0.1) is 17.7 Å². The quantitative estimate of drug-likeness (QED) is 0.346. The van der Waals surface area contributed by atoms with Crippen LogP contribution in [0.15, 0.2) is 72.8 Å². The van der Waals surface area contributed by atoms with E-state index in [9.17, 15) is 4.79 Å². The van der Waals surface area contributed by atoms with Crippen molar-refractivity contribution in [3.8, 4) is 17.1 Å². The Labute approximate surface area is 203 Å². The van der Waals surface area contributed by atoms with Gasteiger partial charge in [-0.3, -0.25) is 4.79 Å². The van der Waals surface area contributed by atoms with Crippen molar-refractivity contribution in [1.29, 1.82) is 0 Å². The van der Waals surface area contributed by atoms with Crippen molar-refractivity contribution in [2.45, 2.75) is 6.42 Å². The fourth-order valence-electron chi connectivity index (χ4n) is 4.02. The summed E-state index contributed by atoms with van der Waals surface area (Å²) in [6.45, 7) is 0.771. The molecule has 0 unspecified atom stereocenters. The SMILES string of the molecule is COCCNC(=O)COc1ccccc1-c1nc(Nc2ccc3c(c2)C=CC3)c2ccccc2n1. The standard InChI is InChI=1S/C28H26N4O3/c1-34-16-15-29-26(33)18-35-25-12-5-3-10-23(25)28-31-24-11-4-2-9-22(24)27(32-28)30-21-14-13-19-7-6-8-20(19)17-21/h2-6,8-14,17H,7,15-16,18H2,1H3,(H,29,33)(H,30,31,32). The number of rotatable bonds is 9. The lowest BCUT2D eigenvalue weighted by Crippen LogP contribution is -2.31. The van der Waals surface area contributed by atoms with Crippen LogP contribution in [0.4, 0.5) is 11.5 Å². The minimum Gasteiger partial charge on any atom is -0.483 e. The summed E-state index contributed by atoms with van der Waals surface area (Å²) in [7, 11) is 1.59. The average Bonchev–Trinajstić information content (AvgIpc) is 3.36. The summed E-state index contributed by atoms with van der Waals surface area (Å²) in [6.07, 6.45) is 5.28. The van der Waals surface area contributed by atoms with E-state index >= 15 is 0 Å². The zero-order valence-electron chi connectivity index (χ0n) is 19.5. The lowest BCUT2D eigenvalue weighted by Gasteiger charge is -2.14. The molecule has 4 aromatic rings. The summed E-state index contributed by atoms with van der Waals surface area (Å²) in [5.74, 6) is 1.55. The van der Waals surface area contributed by atoms with Gasteiger partial charge in [-0.05, 0) is 53.9 Å². The Hall–Kier alpha value is -4.23. The van der Waals surface area contributed by atoms with E-state index < -0.39 is 0 Å². The van der Waals surface area contributed by atoms with Crippen LogP contribution in [0.5, 0.6) is 5.75 Å². The van der Waals surface area contributed by atoms with Gasteiger partial charge in [-0.2, -0.15) is 0 Å². The van der Waals surface area contributed by atoms with E-state index in [1.54, 1.807) is 7.11 Å². The molecule has 5 rings (SSSR count). The summed E-state index contributed by atoms with van der Waals surface area (Å²) in [4.78, 5) is 21.8. The smallest absolute Gasteiger partial charge is 0.258 e. The molecule has 0 saturated carbocycles. The third-order valence-corrected chi connectivity index (χ3v) is 5.76. The molecule has 0 saturated heterocycles. The van der Waals surface area contributed by atoms with Gasteiger partial charge in [0.2, 0.25) is 0 Å². The van der Waals surface area contributed by atoms with Crippen molar-refractivity contribution in [2.75, 3.05) is 32.2 Å². The van der Waals surface area contributed by atoms with Crippen LogP contribution < -0.4 is 15.4 Å². The molecule has 176 valence electrons. The van der Waals surface area contributed by atoms with Crippen molar-refractivity contribution in [2.24, 2.45) is 0 Å². The van der Waals surface area contributed by atoms with E-state index in [-0.39, 0.29) is 12.5 Å². The zero-order chi connectivity index (χ0) is 24.0. The summed E-state index contributed by atoms with van der Waals surface area (Å²) in [5.41, 5.74) is 5.02. The van der Waals surface area contributed by atoms with Gasteiger partial charge in [-0.15, -0.1) is 0 Å². The van der Waals surface area contributed by atoms with Gasteiger partial charge < -0.3 is 20.1 Å². The molecule has 1 aromatic heterocycles. The normalized spacial score (nSPS) is 11.9. The van der Waals surface area contributed by atoms with Gasteiger partial charge in [-0.25, -0.2) is 9.97 Å². The molecule has 0 spiro atoms. The van der Waals surface area contributed by atoms with Crippen molar-refractivity contribution >= 4 is 34.4 Å². The first-order valence-electron chi connectivity index (χ1n) is 11.5. The number of nitrogens with zero attached hydrogens (tertiary/aromatic N) is 2. The molecule has 1 heterocycles. The van der Waals surface area contributed by atoms with Crippen LogP contribution in [0.2, 0.25) is 0 Å². The molecule has 0 fully saturated rings. The van der Waals surface area contributed by atoms with Crippen molar-refractivity contribution in [3.63, 3.8) is 0 Å². The largest absolute Gasteiger partial charge is 0.483 e. The highest BCUT2D eigenvalue weighted by Crippen LogP contribution is 2.32. The van der Waals surface area contributed by atoms with E-state index in [2.05, 4.69) is 41.0 Å². The number of anilines is 2. The summed E-state index contributed by atoms with van der Waals surface area (Å²) < 4.78 is 10.8. The fourth-order valence-corrected chi connectivity index (χ4v) is 4.02. The van der Waals surface area contributed by atoms with Crippen LogP contribution in [0, 0.1) is 0 Å². The molecule has 0 radical (unpaired) electrons. The number of benzene rings is 3. The summed E-state index contributed by atoms with van der Waals surface area (Å²) in [5, 5.41) is 7.16. The van der Waals surface area contributed by atoms with E-state index in [4.69, 9.17) is 19.4 Å². The topological polar surface area (TPSA) is 85.4 Å². The number of allylic oxidation sites excluding steroid dienone is 1. The number of hydrogen-bond acceptors (Lipinski definition) is 6. The zero-order valence-corrected chi connectivity index (χ0v) is 19.5. The number of aromatic nitrogens is 2. The van der Waals surface area contributed by atoms with E-state index in [1.165, 1.54) is 11.1 Å². The van der Waals surface area contributed by atoms with Gasteiger partial charge in [-0.1, -0.05) is 42.5 Å². The minimum absolute atomic E-state index is 0.109. The molecule has 7 nitrogen and oxygen atoms in total. The molecule has 0 aliphatic heterocycles. The van der Waals surface area contributed by atoms with Crippen LogP contribution in [0.1, 0.15) is 11.1 Å².